The zero-order valence-corrected chi connectivity index (χ0v) is 23.6. The van der Waals surface area contributed by atoms with Crippen molar-refractivity contribution in [1.82, 2.24) is 5.32 Å². The molecular weight excluding hydrogens is 474 g/mol. The standard InChI is InChI=1S/C21H41NO3.C6H14N4O2/c1-4-6-7-8-9-10-11-12-13-14-15-16-17-19(23)22-20(21(24)25)18(3)5-2;7-4(5(11)12)2-1-3-10-6(8)9/h18,20H,4-17H2,1-3H3,(H,22,23)(H,24,25);4H,1-3,7H2,(H,11,12)(H4,8,9,10)/t18-,20-;4-/m00/s1. The Morgan fingerprint density at radius 3 is 1.68 bits per heavy atom. The molecule has 0 saturated heterocycles. The van der Waals surface area contributed by atoms with E-state index in [4.69, 9.17) is 22.3 Å². The lowest BCUT2D eigenvalue weighted by Crippen LogP contribution is -2.44. The van der Waals surface area contributed by atoms with Crippen LogP contribution in [0.2, 0.25) is 0 Å². The normalized spacial score (nSPS) is 13.0. The van der Waals surface area contributed by atoms with Gasteiger partial charge in [-0.1, -0.05) is 97.8 Å². The summed E-state index contributed by atoms with van der Waals surface area (Å²) < 4.78 is 0. The molecule has 10 heteroatoms. The minimum atomic E-state index is -1.00. The molecule has 37 heavy (non-hydrogen) atoms. The van der Waals surface area contributed by atoms with Crippen LogP contribution in [0.5, 0.6) is 0 Å². The number of carbonyl (C=O) groups excluding carboxylic acids is 1. The van der Waals surface area contributed by atoms with Gasteiger partial charge in [0, 0.05) is 13.0 Å². The van der Waals surface area contributed by atoms with Crippen LogP contribution in [0.3, 0.4) is 0 Å². The highest BCUT2D eigenvalue weighted by Gasteiger charge is 2.24. The van der Waals surface area contributed by atoms with Gasteiger partial charge in [-0.25, -0.2) is 4.79 Å². The number of aliphatic imine (C=N–C) groups is 1. The molecule has 0 unspecified atom stereocenters. The van der Waals surface area contributed by atoms with Crippen molar-refractivity contribution in [2.75, 3.05) is 6.54 Å². The molecular formula is C27H55N5O5. The van der Waals surface area contributed by atoms with Crippen LogP contribution in [0.1, 0.15) is 124 Å². The number of nitrogens with two attached hydrogens (primary N) is 3. The number of hydrogen-bond acceptors (Lipinski definition) is 5. The fourth-order valence-electron chi connectivity index (χ4n) is 3.70. The van der Waals surface area contributed by atoms with Crippen molar-refractivity contribution in [3.05, 3.63) is 0 Å². The Bertz CT molecular complexity index is 626. The zero-order valence-electron chi connectivity index (χ0n) is 23.6. The number of carbonyl (C=O) groups is 3. The van der Waals surface area contributed by atoms with E-state index in [9.17, 15) is 19.5 Å². The number of nitrogens with zero attached hydrogens (tertiary/aromatic N) is 1. The monoisotopic (exact) mass is 529 g/mol. The first-order valence-corrected chi connectivity index (χ1v) is 14.1. The molecule has 0 aliphatic carbocycles. The molecule has 3 atom stereocenters. The van der Waals surface area contributed by atoms with Crippen molar-refractivity contribution < 1.29 is 24.6 Å². The van der Waals surface area contributed by atoms with Gasteiger partial charge in [0.25, 0.3) is 0 Å². The Kier molecular flexibility index (Phi) is 25.2. The molecule has 0 radical (unpaired) electrons. The Morgan fingerprint density at radius 2 is 1.27 bits per heavy atom. The fourth-order valence-corrected chi connectivity index (χ4v) is 3.70. The summed E-state index contributed by atoms with van der Waals surface area (Å²) in [4.78, 5) is 37.0. The van der Waals surface area contributed by atoms with Crippen molar-refractivity contribution in [3.8, 4) is 0 Å². The molecule has 0 aliphatic heterocycles. The van der Waals surface area contributed by atoms with E-state index in [0.717, 1.165) is 19.3 Å². The lowest BCUT2D eigenvalue weighted by molar-refractivity contribution is -0.143. The van der Waals surface area contributed by atoms with Crippen LogP contribution >= 0.6 is 0 Å². The lowest BCUT2D eigenvalue weighted by atomic mass is 9.99. The average Bonchev–Trinajstić information content (AvgIpc) is 2.85. The highest BCUT2D eigenvalue weighted by Crippen LogP contribution is 2.13. The molecule has 0 aromatic carbocycles. The minimum Gasteiger partial charge on any atom is -0.480 e. The van der Waals surface area contributed by atoms with Gasteiger partial charge in [-0.3, -0.25) is 14.6 Å². The van der Waals surface area contributed by atoms with Gasteiger partial charge in [-0.2, -0.15) is 0 Å². The molecule has 0 fully saturated rings. The lowest BCUT2D eigenvalue weighted by Gasteiger charge is -2.20. The van der Waals surface area contributed by atoms with E-state index in [1.807, 2.05) is 13.8 Å². The summed E-state index contributed by atoms with van der Waals surface area (Å²) >= 11 is 0. The number of carboxylic acid groups (broad SMARTS) is 2. The Labute approximate surface area is 224 Å². The molecule has 1 amide bonds. The van der Waals surface area contributed by atoms with Crippen molar-refractivity contribution >= 4 is 23.8 Å². The Balaban J connectivity index is 0. The van der Waals surface area contributed by atoms with Gasteiger partial charge in [0.1, 0.15) is 12.1 Å². The minimum absolute atomic E-state index is 0.0129. The molecule has 0 heterocycles. The van der Waals surface area contributed by atoms with Gasteiger partial charge in [-0.05, 0) is 25.2 Å². The summed E-state index contributed by atoms with van der Waals surface area (Å²) in [5.74, 6) is -2.08. The van der Waals surface area contributed by atoms with E-state index in [0.29, 0.717) is 25.8 Å². The van der Waals surface area contributed by atoms with E-state index >= 15 is 0 Å². The third-order valence-electron chi connectivity index (χ3n) is 6.34. The molecule has 218 valence electrons. The molecule has 0 saturated carbocycles. The smallest absolute Gasteiger partial charge is 0.326 e. The second kappa shape index (κ2) is 25.3. The highest BCUT2D eigenvalue weighted by molar-refractivity contribution is 5.83. The molecule has 9 N–H and O–H groups in total. The fraction of sp³-hybridized carbons (Fsp3) is 0.852. The van der Waals surface area contributed by atoms with Crippen LogP contribution in [0.4, 0.5) is 0 Å². The predicted molar refractivity (Wildman–Crippen MR) is 150 cm³/mol. The van der Waals surface area contributed by atoms with Crippen LogP contribution in [-0.4, -0.2) is 52.6 Å². The maximum Gasteiger partial charge on any atom is 0.326 e. The molecule has 0 aliphatic rings. The van der Waals surface area contributed by atoms with E-state index in [1.54, 1.807) is 0 Å². The summed E-state index contributed by atoms with van der Waals surface area (Å²) in [7, 11) is 0. The van der Waals surface area contributed by atoms with E-state index in [2.05, 4.69) is 17.2 Å². The topological polar surface area (TPSA) is 194 Å². The van der Waals surface area contributed by atoms with Gasteiger partial charge in [0.2, 0.25) is 5.91 Å². The van der Waals surface area contributed by atoms with Crippen molar-refractivity contribution in [2.24, 2.45) is 28.1 Å². The van der Waals surface area contributed by atoms with Crippen molar-refractivity contribution in [1.29, 1.82) is 0 Å². The first kappa shape index (κ1) is 36.8. The van der Waals surface area contributed by atoms with E-state index in [-0.39, 0.29) is 17.8 Å². The number of guanidine groups is 1. The summed E-state index contributed by atoms with van der Waals surface area (Å²) in [5.41, 5.74) is 15.3. The van der Waals surface area contributed by atoms with Gasteiger partial charge in [0.05, 0.1) is 0 Å². The first-order valence-electron chi connectivity index (χ1n) is 14.1. The first-order chi connectivity index (χ1) is 17.6. The number of hydrogen-bond donors (Lipinski definition) is 6. The SMILES string of the molecule is CCCCCCCCCCCCCCC(=O)N[C@H](C(=O)O)[C@@H](C)CC.NC(N)=NCCC[C@H](N)C(=O)O. The number of nitrogens with one attached hydrogen (secondary N) is 1. The number of carboxylic acids is 2. The zero-order chi connectivity index (χ0) is 28.5. The van der Waals surface area contributed by atoms with Crippen molar-refractivity contribution in [2.45, 2.75) is 136 Å². The summed E-state index contributed by atoms with van der Waals surface area (Å²) in [6, 6.07) is -1.57. The third kappa shape index (κ3) is 25.1. The van der Waals surface area contributed by atoms with E-state index < -0.39 is 24.0 Å². The average molecular weight is 530 g/mol. The number of amides is 1. The number of rotatable bonds is 22. The van der Waals surface area contributed by atoms with Crippen LogP contribution in [0.25, 0.3) is 0 Å². The molecule has 0 rings (SSSR count). The third-order valence-corrected chi connectivity index (χ3v) is 6.34. The van der Waals surface area contributed by atoms with Crippen LogP contribution in [0, 0.1) is 5.92 Å². The van der Waals surface area contributed by atoms with E-state index in [1.165, 1.54) is 64.2 Å². The maximum absolute atomic E-state index is 11.9. The predicted octanol–water partition coefficient (Wildman–Crippen LogP) is 4.15. The Morgan fingerprint density at radius 1 is 0.784 bits per heavy atom. The second-order valence-corrected chi connectivity index (χ2v) is 9.80. The number of aliphatic carboxylic acids is 2. The van der Waals surface area contributed by atoms with Crippen LogP contribution in [-0.2, 0) is 14.4 Å². The quantitative estimate of drug-likeness (QED) is 0.0683. The molecule has 0 aromatic rings. The molecule has 10 nitrogen and oxygen atoms in total. The van der Waals surface area contributed by atoms with Gasteiger partial charge >= 0.3 is 11.9 Å². The maximum atomic E-state index is 11.9. The summed E-state index contributed by atoms with van der Waals surface area (Å²) in [5, 5.41) is 20.2. The van der Waals surface area contributed by atoms with Gasteiger partial charge in [-0.15, -0.1) is 0 Å². The number of unbranched alkanes of at least 4 members (excludes halogenated alkanes) is 11. The summed E-state index contributed by atoms with van der Waals surface area (Å²) in [6.07, 6.45) is 17.3. The van der Waals surface area contributed by atoms with Crippen LogP contribution in [0.15, 0.2) is 4.99 Å². The largest absolute Gasteiger partial charge is 0.480 e. The van der Waals surface area contributed by atoms with Crippen molar-refractivity contribution in [3.63, 3.8) is 0 Å². The second-order valence-electron chi connectivity index (χ2n) is 9.80. The summed E-state index contributed by atoms with van der Waals surface area (Å²) in [6.45, 7) is 6.48. The van der Waals surface area contributed by atoms with Crippen LogP contribution < -0.4 is 22.5 Å². The molecule has 0 spiro atoms. The van der Waals surface area contributed by atoms with Gasteiger partial charge in [0.15, 0.2) is 5.96 Å². The Hall–Kier alpha value is -2.36. The van der Waals surface area contributed by atoms with Gasteiger partial charge < -0.3 is 32.7 Å². The molecule has 0 aromatic heterocycles. The highest BCUT2D eigenvalue weighted by atomic mass is 16.4. The molecule has 0 bridgehead atoms.